The van der Waals surface area contributed by atoms with E-state index in [9.17, 15) is 0 Å². The van der Waals surface area contributed by atoms with Crippen LogP contribution in [0.1, 0.15) is 22.3 Å². The molecule has 330 valence electrons. The Morgan fingerprint density at radius 3 is 0.800 bits per heavy atom. The van der Waals surface area contributed by atoms with Gasteiger partial charge in [-0.25, -0.2) is 0 Å². The number of hydrogen-bond donors (Lipinski definition) is 1. The third-order valence-corrected chi connectivity index (χ3v) is 26.4. The molecule has 0 radical (unpaired) electrons. The summed E-state index contributed by atoms with van der Waals surface area (Å²) in [5.74, 6) is 0. The zero-order valence-corrected chi connectivity index (χ0v) is 39.5. The van der Waals surface area contributed by atoms with Gasteiger partial charge in [-0.3, -0.25) is 4.90 Å². The van der Waals surface area contributed by atoms with Gasteiger partial charge in [-0.05, 0) is 313 Å². The molecule has 0 amide bonds. The van der Waals surface area contributed by atoms with Gasteiger partial charge in [-0.1, -0.05) is 0 Å². The molecule has 2 spiro atoms. The number of methoxy groups -OCH3 is 1. The van der Waals surface area contributed by atoms with Gasteiger partial charge in [0.25, 0.3) is 0 Å². The second-order valence-electron chi connectivity index (χ2n) is 26.9. The summed E-state index contributed by atoms with van der Waals surface area (Å²) in [4.78, 5) is 2.93. The van der Waals surface area contributed by atoms with Crippen LogP contribution in [0.3, 0.4) is 0 Å². The number of rotatable bonds is 10. The molecule has 0 aromatic heterocycles. The molecule has 1 aliphatic heterocycles. The van der Waals surface area contributed by atoms with Crippen LogP contribution < -0.4 is 5.73 Å². The first-order valence-corrected chi connectivity index (χ1v) is 28.2. The van der Waals surface area contributed by atoms with Crippen LogP contribution >= 0.6 is 0 Å². The van der Waals surface area contributed by atoms with Crippen LogP contribution in [0.5, 0.6) is 0 Å². The lowest BCUT2D eigenvalue weighted by Crippen LogP contribution is -2.56. The molecule has 33 rings (SSSR count). The van der Waals surface area contributed by atoms with Gasteiger partial charge in [0.2, 0.25) is 0 Å². The lowest BCUT2D eigenvalue weighted by Gasteiger charge is -2.52. The van der Waals surface area contributed by atoms with E-state index in [-0.39, 0.29) is 16.9 Å². The second-order valence-corrected chi connectivity index (χ2v) is 26.9. The van der Waals surface area contributed by atoms with Crippen LogP contribution in [0.4, 0.5) is 0 Å². The molecule has 1 atom stereocenters. The predicted octanol–water partition coefficient (Wildman–Crippen LogP) is 15.6. The van der Waals surface area contributed by atoms with E-state index >= 15 is 0 Å². The van der Waals surface area contributed by atoms with E-state index in [4.69, 9.17) is 19.9 Å². The number of hydrogen-bond acceptors (Lipinski definition) is 5. The summed E-state index contributed by atoms with van der Waals surface area (Å²) in [6, 6.07) is 0.0794. The summed E-state index contributed by atoms with van der Waals surface area (Å²) < 4.78 is 18.8. The van der Waals surface area contributed by atoms with Gasteiger partial charge in [0.05, 0.1) is 43.9 Å². The van der Waals surface area contributed by atoms with Gasteiger partial charge in [0.15, 0.2) is 0 Å². The zero-order valence-electron chi connectivity index (χ0n) is 39.5. The van der Waals surface area contributed by atoms with E-state index in [1.165, 1.54) is 0 Å². The Labute approximate surface area is 412 Å². The van der Waals surface area contributed by atoms with Crippen LogP contribution in [-0.4, -0.2) is 70.7 Å². The van der Waals surface area contributed by atoms with Crippen LogP contribution in [0.2, 0.25) is 0 Å². The molecular formula is C70H22N2O3. The molecule has 1 fully saturated rings. The molecule has 0 bridgehead atoms. The lowest BCUT2D eigenvalue weighted by molar-refractivity contribution is 0.00541. The SMILES string of the molecule is COCCOCCOCC1N(CCN)CC23c4c5c6c7c8c9c(c%10c%11c2c2c4c4c%12c5c5c6c6c8c8c%13c9c9c%10c%10c%11c%11c2c2c4c4c%12c%12c5c5c6c8c6c8c%13c9c9c%10c%10c%11c2c2c4c4c%12c5c6c5c8c9c%10c2c45)C713. The number of nitrogens with two attached hydrogens (primary N) is 1. The molecule has 1 saturated heterocycles. The number of likely N-dealkylation sites (tertiary alicyclic amines) is 1. The minimum absolute atomic E-state index is 0.0794. The predicted molar refractivity (Wildman–Crippen MR) is 312 cm³/mol. The molecule has 2 N–H and O–H groups in total. The molecule has 1 heterocycles. The summed E-state index contributed by atoms with van der Waals surface area (Å²) in [6.45, 7) is 5.41. The fourth-order valence-electron chi connectivity index (χ4n) is 26.2. The van der Waals surface area contributed by atoms with E-state index < -0.39 is 0 Å². The van der Waals surface area contributed by atoms with Crippen molar-refractivity contribution in [3.63, 3.8) is 0 Å². The van der Waals surface area contributed by atoms with Crippen molar-refractivity contribution in [2.24, 2.45) is 5.73 Å². The van der Waals surface area contributed by atoms with Crippen molar-refractivity contribution in [3.8, 4) is 0 Å². The van der Waals surface area contributed by atoms with Gasteiger partial charge in [0.1, 0.15) is 0 Å². The summed E-state index contributed by atoms with van der Waals surface area (Å²) >= 11 is 0. The Bertz CT molecular complexity index is 7040. The first-order valence-electron chi connectivity index (χ1n) is 28.2. The summed E-state index contributed by atoms with van der Waals surface area (Å²) in [5, 5.41) is 88.8. The topological polar surface area (TPSA) is 57.0 Å². The first-order chi connectivity index (χ1) is 37.4. The maximum atomic E-state index is 7.27. The van der Waals surface area contributed by atoms with Crippen LogP contribution in [0.15, 0.2) is 0 Å². The fraction of sp³-hybridized carbons (Fsp3) is 0.171. The molecular weight excluding hydrogens is 917 g/mol. The molecule has 0 saturated carbocycles. The van der Waals surface area contributed by atoms with Crippen molar-refractivity contribution >= 4 is 291 Å². The van der Waals surface area contributed by atoms with Gasteiger partial charge in [-0.2, -0.15) is 0 Å². The minimum atomic E-state index is -0.384. The molecule has 5 aliphatic rings. The Hall–Kier alpha value is -7.74. The van der Waals surface area contributed by atoms with E-state index in [2.05, 4.69) is 4.90 Å². The molecule has 75 heavy (non-hydrogen) atoms. The largest absolute Gasteiger partial charge is 0.382 e. The number of ether oxygens (including phenoxy) is 3. The maximum Gasteiger partial charge on any atom is 0.0701 e. The highest BCUT2D eigenvalue weighted by atomic mass is 16.5. The summed E-state index contributed by atoms with van der Waals surface area (Å²) in [6.07, 6.45) is 0. The van der Waals surface area contributed by atoms with Crippen molar-refractivity contribution in [1.82, 2.24) is 4.90 Å². The molecule has 28 aromatic rings. The van der Waals surface area contributed by atoms with Crippen LogP contribution in [0.25, 0.3) is 291 Å². The zero-order chi connectivity index (χ0) is 45.4. The third kappa shape index (κ3) is 1.78. The Morgan fingerprint density at radius 2 is 0.547 bits per heavy atom. The van der Waals surface area contributed by atoms with Crippen LogP contribution in [-0.2, 0) is 25.0 Å². The van der Waals surface area contributed by atoms with Gasteiger partial charge >= 0.3 is 0 Å². The molecule has 4 aliphatic carbocycles. The van der Waals surface area contributed by atoms with Crippen molar-refractivity contribution < 1.29 is 14.2 Å². The van der Waals surface area contributed by atoms with Gasteiger partial charge < -0.3 is 19.9 Å². The molecule has 28 aromatic carbocycles. The normalized spacial score (nSPS) is 23.2. The number of benzene rings is 18. The van der Waals surface area contributed by atoms with E-state index in [1.54, 1.807) is 320 Å². The summed E-state index contributed by atoms with van der Waals surface area (Å²) in [5.41, 5.74) is 13.2. The van der Waals surface area contributed by atoms with Gasteiger partial charge in [-0.15, -0.1) is 0 Å². The molecule has 5 nitrogen and oxygen atoms in total. The maximum absolute atomic E-state index is 7.27. The van der Waals surface area contributed by atoms with Crippen molar-refractivity contribution in [2.45, 2.75) is 16.9 Å². The van der Waals surface area contributed by atoms with Crippen LogP contribution in [0, 0.1) is 0 Å². The lowest BCUT2D eigenvalue weighted by atomic mass is 9.48. The number of nitrogens with zero attached hydrogens (tertiary/aromatic N) is 1. The minimum Gasteiger partial charge on any atom is -0.382 e. The summed E-state index contributed by atoms with van der Waals surface area (Å²) in [7, 11) is 1.76. The average Bonchev–Trinajstić information content (AvgIpc) is 2.18. The van der Waals surface area contributed by atoms with Crippen molar-refractivity contribution in [2.75, 3.05) is 59.8 Å². The molecule has 1 unspecified atom stereocenters. The molecule has 5 heteroatoms. The standard InChI is InChI=1S/C70H22N2O3/c1-73-4-5-74-6-7-75-8-10-70-67-61-55-45-33-25-17-13-11-12-15-19(17)27(33)37-31-23(15)24-16(12)20-18-14(11)22-21(13)29-35(25)43-49-39(29)40-30(22)36-26(18)34-28(20)38-32(24)42-41(31)53(47(37)55)63(67)64-54(42)48(38)56-46(34)52-44(36)50(40)58-57(49)65(59(61)51(43)45)69(70,9-72(10)3-2-71)66(58)60(52)62(56)68(64)70/h10H,2-9,71H2,1H3. The Balaban J connectivity index is 1.05. The Kier molecular flexibility index (Phi) is 3.02. The highest BCUT2D eigenvalue weighted by Crippen LogP contribution is 2.86. The van der Waals surface area contributed by atoms with E-state index in [1.807, 2.05) is 0 Å². The van der Waals surface area contributed by atoms with E-state index in [0.717, 1.165) is 13.1 Å². The average molecular weight is 939 g/mol. The highest BCUT2D eigenvalue weighted by Gasteiger charge is 2.76. The van der Waals surface area contributed by atoms with Crippen molar-refractivity contribution in [3.05, 3.63) is 22.3 Å². The van der Waals surface area contributed by atoms with Crippen molar-refractivity contribution in [1.29, 1.82) is 0 Å². The third-order valence-electron chi connectivity index (χ3n) is 26.4. The van der Waals surface area contributed by atoms with Gasteiger partial charge in [0, 0.05) is 32.8 Å². The quantitative estimate of drug-likeness (QED) is 0.109. The fourth-order valence-corrected chi connectivity index (χ4v) is 26.2. The Morgan fingerprint density at radius 1 is 0.320 bits per heavy atom. The first kappa shape index (κ1) is 30.6. The van der Waals surface area contributed by atoms with E-state index in [0.29, 0.717) is 39.6 Å². The monoisotopic (exact) mass is 938 g/mol. The smallest absolute Gasteiger partial charge is 0.0701 e. The second kappa shape index (κ2) is 7.40. The highest BCUT2D eigenvalue weighted by molar-refractivity contribution is 6.82.